The fourth-order valence-electron chi connectivity index (χ4n) is 2.13. The van der Waals surface area contributed by atoms with Crippen molar-refractivity contribution in [2.45, 2.75) is 25.2 Å². The number of nitrogens with one attached hydrogen (secondary N) is 1. The largest absolute Gasteiger partial charge is 0.573 e. The highest BCUT2D eigenvalue weighted by Gasteiger charge is 2.31. The molecule has 1 aromatic rings. The van der Waals surface area contributed by atoms with Gasteiger partial charge in [0.2, 0.25) is 0 Å². The SMILES string of the molecule is COc1cc(OC(F)(F)F)ccc1[C@H]1CCCN1. The maximum atomic E-state index is 12.1. The third kappa shape index (κ3) is 3.07. The van der Waals surface area contributed by atoms with Gasteiger partial charge in [0.1, 0.15) is 11.5 Å². The van der Waals surface area contributed by atoms with E-state index < -0.39 is 6.36 Å². The molecule has 0 bridgehead atoms. The number of ether oxygens (including phenoxy) is 2. The topological polar surface area (TPSA) is 30.5 Å². The normalized spacial score (nSPS) is 19.9. The van der Waals surface area contributed by atoms with Crippen molar-refractivity contribution in [2.24, 2.45) is 0 Å². The van der Waals surface area contributed by atoms with Crippen LogP contribution in [-0.2, 0) is 0 Å². The van der Waals surface area contributed by atoms with Crippen molar-refractivity contribution < 1.29 is 22.6 Å². The second kappa shape index (κ2) is 5.06. The third-order valence-corrected chi connectivity index (χ3v) is 2.87. The van der Waals surface area contributed by atoms with Gasteiger partial charge in [0.25, 0.3) is 0 Å². The van der Waals surface area contributed by atoms with E-state index in [1.54, 1.807) is 6.07 Å². The van der Waals surface area contributed by atoms with Crippen LogP contribution in [0.25, 0.3) is 0 Å². The van der Waals surface area contributed by atoms with E-state index in [0.717, 1.165) is 24.9 Å². The Kier molecular flexibility index (Phi) is 3.65. The molecule has 0 saturated carbocycles. The highest BCUT2D eigenvalue weighted by molar-refractivity contribution is 5.42. The van der Waals surface area contributed by atoms with Crippen LogP contribution in [0.4, 0.5) is 13.2 Å². The van der Waals surface area contributed by atoms with Gasteiger partial charge in [0, 0.05) is 17.7 Å². The summed E-state index contributed by atoms with van der Waals surface area (Å²) in [5, 5.41) is 3.27. The molecule has 1 aliphatic heterocycles. The Morgan fingerprint density at radius 3 is 2.67 bits per heavy atom. The molecule has 3 nitrogen and oxygen atoms in total. The Hall–Kier alpha value is -1.43. The zero-order chi connectivity index (χ0) is 13.2. The number of rotatable bonds is 3. The van der Waals surface area contributed by atoms with Gasteiger partial charge in [-0.15, -0.1) is 13.2 Å². The van der Waals surface area contributed by atoms with E-state index >= 15 is 0 Å². The summed E-state index contributed by atoms with van der Waals surface area (Å²) in [6.07, 6.45) is -2.68. The molecule has 6 heteroatoms. The van der Waals surface area contributed by atoms with Crippen LogP contribution < -0.4 is 14.8 Å². The van der Waals surface area contributed by atoms with Crippen molar-refractivity contribution in [2.75, 3.05) is 13.7 Å². The minimum absolute atomic E-state index is 0.139. The quantitative estimate of drug-likeness (QED) is 0.907. The average molecular weight is 261 g/mol. The second-order valence-electron chi connectivity index (χ2n) is 4.10. The highest BCUT2D eigenvalue weighted by atomic mass is 19.4. The molecule has 1 saturated heterocycles. The first-order chi connectivity index (χ1) is 8.49. The van der Waals surface area contributed by atoms with Crippen molar-refractivity contribution in [1.29, 1.82) is 0 Å². The van der Waals surface area contributed by atoms with Gasteiger partial charge < -0.3 is 14.8 Å². The average Bonchev–Trinajstić information content (AvgIpc) is 2.80. The molecule has 1 heterocycles. The summed E-state index contributed by atoms with van der Waals surface area (Å²) in [7, 11) is 1.44. The van der Waals surface area contributed by atoms with Crippen molar-refractivity contribution in [3.05, 3.63) is 23.8 Å². The lowest BCUT2D eigenvalue weighted by Gasteiger charge is -2.17. The summed E-state index contributed by atoms with van der Waals surface area (Å²) in [6, 6.07) is 4.33. The number of halogens is 3. The molecule has 0 amide bonds. The minimum atomic E-state index is -4.68. The zero-order valence-corrected chi connectivity index (χ0v) is 9.88. The van der Waals surface area contributed by atoms with Crippen molar-refractivity contribution in [1.82, 2.24) is 5.32 Å². The number of methoxy groups -OCH3 is 1. The number of hydrogen-bond acceptors (Lipinski definition) is 3. The molecule has 0 radical (unpaired) electrons. The standard InChI is InChI=1S/C12H14F3NO2/c1-17-11-7-8(18-12(13,14)15)4-5-9(11)10-3-2-6-16-10/h4-5,7,10,16H,2-3,6H2,1H3/t10-/m1/s1. The molecule has 2 rings (SSSR count). The van der Waals surface area contributed by atoms with E-state index in [1.807, 2.05) is 0 Å². The predicted molar refractivity (Wildman–Crippen MR) is 59.7 cm³/mol. The molecule has 1 fully saturated rings. The third-order valence-electron chi connectivity index (χ3n) is 2.87. The molecule has 1 N–H and O–H groups in total. The minimum Gasteiger partial charge on any atom is -0.496 e. The van der Waals surface area contributed by atoms with Gasteiger partial charge in [-0.1, -0.05) is 6.07 Å². The first kappa shape index (κ1) is 13.0. The van der Waals surface area contributed by atoms with Crippen LogP contribution in [0.5, 0.6) is 11.5 Å². The van der Waals surface area contributed by atoms with Gasteiger partial charge in [0.15, 0.2) is 0 Å². The van der Waals surface area contributed by atoms with E-state index in [4.69, 9.17) is 4.74 Å². The Bertz CT molecular complexity index is 414. The van der Waals surface area contributed by atoms with Crippen LogP contribution in [0.2, 0.25) is 0 Å². The highest BCUT2D eigenvalue weighted by Crippen LogP contribution is 2.35. The van der Waals surface area contributed by atoms with Gasteiger partial charge in [-0.2, -0.15) is 0 Å². The lowest BCUT2D eigenvalue weighted by Crippen LogP contribution is -2.18. The van der Waals surface area contributed by atoms with Crippen LogP contribution in [0, 0.1) is 0 Å². The summed E-state index contributed by atoms with van der Waals surface area (Å²) < 4.78 is 45.3. The summed E-state index contributed by atoms with van der Waals surface area (Å²) in [4.78, 5) is 0. The van der Waals surface area contributed by atoms with E-state index in [-0.39, 0.29) is 11.8 Å². The van der Waals surface area contributed by atoms with Gasteiger partial charge in [-0.25, -0.2) is 0 Å². The molecule has 1 aromatic carbocycles. The molecular formula is C12H14F3NO2. The van der Waals surface area contributed by atoms with E-state index in [9.17, 15) is 13.2 Å². The summed E-state index contributed by atoms with van der Waals surface area (Å²) in [5.41, 5.74) is 0.865. The molecule has 100 valence electrons. The second-order valence-corrected chi connectivity index (χ2v) is 4.10. The Labute approximate surface area is 103 Å². The molecule has 0 spiro atoms. The summed E-state index contributed by atoms with van der Waals surface area (Å²) in [6.45, 7) is 0.911. The van der Waals surface area contributed by atoms with Gasteiger partial charge in [-0.3, -0.25) is 0 Å². The van der Waals surface area contributed by atoms with Crippen LogP contribution in [-0.4, -0.2) is 20.0 Å². The first-order valence-corrected chi connectivity index (χ1v) is 5.66. The number of hydrogen-bond donors (Lipinski definition) is 1. The Morgan fingerprint density at radius 1 is 1.33 bits per heavy atom. The molecule has 0 unspecified atom stereocenters. The van der Waals surface area contributed by atoms with Crippen LogP contribution in [0.3, 0.4) is 0 Å². The van der Waals surface area contributed by atoms with E-state index in [2.05, 4.69) is 10.1 Å². The van der Waals surface area contributed by atoms with Crippen molar-refractivity contribution >= 4 is 0 Å². The fraction of sp³-hybridized carbons (Fsp3) is 0.500. The van der Waals surface area contributed by atoms with Crippen LogP contribution >= 0.6 is 0 Å². The zero-order valence-electron chi connectivity index (χ0n) is 9.88. The molecule has 0 aromatic heterocycles. The fourth-order valence-corrected chi connectivity index (χ4v) is 2.13. The van der Waals surface area contributed by atoms with Crippen LogP contribution in [0.15, 0.2) is 18.2 Å². The maximum absolute atomic E-state index is 12.1. The Morgan fingerprint density at radius 2 is 2.11 bits per heavy atom. The van der Waals surface area contributed by atoms with Crippen LogP contribution in [0.1, 0.15) is 24.4 Å². The number of alkyl halides is 3. The van der Waals surface area contributed by atoms with Crippen molar-refractivity contribution in [3.63, 3.8) is 0 Å². The smallest absolute Gasteiger partial charge is 0.496 e. The van der Waals surface area contributed by atoms with E-state index in [1.165, 1.54) is 19.2 Å². The van der Waals surface area contributed by atoms with E-state index in [0.29, 0.717) is 5.75 Å². The number of benzene rings is 1. The lowest BCUT2D eigenvalue weighted by atomic mass is 10.0. The molecular weight excluding hydrogens is 247 g/mol. The predicted octanol–water partition coefficient (Wildman–Crippen LogP) is 3.02. The summed E-state index contributed by atoms with van der Waals surface area (Å²) in [5.74, 6) is 0.150. The molecule has 0 aliphatic carbocycles. The molecule has 18 heavy (non-hydrogen) atoms. The monoisotopic (exact) mass is 261 g/mol. The molecule has 1 atom stereocenters. The van der Waals surface area contributed by atoms with Gasteiger partial charge in [-0.05, 0) is 25.5 Å². The first-order valence-electron chi connectivity index (χ1n) is 5.66. The molecule has 1 aliphatic rings. The Balaban J connectivity index is 2.22. The van der Waals surface area contributed by atoms with Gasteiger partial charge >= 0.3 is 6.36 Å². The maximum Gasteiger partial charge on any atom is 0.573 e. The van der Waals surface area contributed by atoms with Gasteiger partial charge in [0.05, 0.1) is 7.11 Å². The van der Waals surface area contributed by atoms with Crippen molar-refractivity contribution in [3.8, 4) is 11.5 Å². The lowest BCUT2D eigenvalue weighted by molar-refractivity contribution is -0.274. The summed E-state index contributed by atoms with van der Waals surface area (Å²) >= 11 is 0.